The number of anilines is 2. The van der Waals surface area contributed by atoms with E-state index < -0.39 is 0 Å². The summed E-state index contributed by atoms with van der Waals surface area (Å²) in [5.41, 5.74) is 2.15. The van der Waals surface area contributed by atoms with Crippen molar-refractivity contribution in [3.63, 3.8) is 0 Å². The Kier molecular flexibility index (Phi) is 3.17. The van der Waals surface area contributed by atoms with E-state index >= 15 is 0 Å². The van der Waals surface area contributed by atoms with Gasteiger partial charge in [0.15, 0.2) is 17.3 Å². The molecule has 3 aromatic rings. The van der Waals surface area contributed by atoms with Crippen molar-refractivity contribution in [1.29, 1.82) is 0 Å². The molecule has 1 aliphatic rings. The minimum atomic E-state index is -0.339. The molecule has 0 saturated carbocycles. The van der Waals surface area contributed by atoms with Crippen LogP contribution in [0.15, 0.2) is 66.7 Å². The molecule has 3 aromatic carbocycles. The summed E-state index contributed by atoms with van der Waals surface area (Å²) < 4.78 is 0. The zero-order valence-electron chi connectivity index (χ0n) is 12.6. The third-order valence-electron chi connectivity index (χ3n) is 4.12. The Morgan fingerprint density at radius 2 is 1.29 bits per heavy atom. The molecule has 0 aromatic heterocycles. The molecule has 0 radical (unpaired) electrons. The summed E-state index contributed by atoms with van der Waals surface area (Å²) in [7, 11) is 0. The van der Waals surface area contributed by atoms with Crippen LogP contribution in [-0.4, -0.2) is 16.7 Å². The quantitative estimate of drug-likeness (QED) is 0.550. The van der Waals surface area contributed by atoms with E-state index in [1.54, 1.807) is 36.4 Å². The number of hydrogen-bond acceptors (Lipinski definition) is 4. The monoisotopic (exact) mass is 315 g/mol. The van der Waals surface area contributed by atoms with E-state index in [2.05, 4.69) is 5.32 Å². The molecule has 0 fully saturated rings. The summed E-state index contributed by atoms with van der Waals surface area (Å²) in [6, 6.07) is 19.2. The highest BCUT2D eigenvalue weighted by Crippen LogP contribution is 2.38. The molecule has 0 amide bonds. The predicted molar refractivity (Wildman–Crippen MR) is 91.1 cm³/mol. The van der Waals surface area contributed by atoms with Crippen molar-refractivity contribution in [1.82, 2.24) is 0 Å². The largest absolute Gasteiger partial charge is 0.505 e. The van der Waals surface area contributed by atoms with Crippen LogP contribution in [0.25, 0.3) is 0 Å². The molecule has 0 unspecified atom stereocenters. The van der Waals surface area contributed by atoms with Crippen LogP contribution < -0.4 is 5.32 Å². The number of nitrogens with one attached hydrogen (secondary N) is 1. The lowest BCUT2D eigenvalue weighted by molar-refractivity contribution is 0.0977. The van der Waals surface area contributed by atoms with E-state index in [-0.39, 0.29) is 28.4 Å². The SMILES string of the molecule is O=C1c2ccccc2C(=O)c2c1ccc(Nc1ccccc1)c2O. The smallest absolute Gasteiger partial charge is 0.198 e. The first-order chi connectivity index (χ1) is 11.7. The molecule has 24 heavy (non-hydrogen) atoms. The number of aromatic hydroxyl groups is 1. The average molecular weight is 315 g/mol. The van der Waals surface area contributed by atoms with Crippen molar-refractivity contribution in [3.05, 3.63) is 89.0 Å². The predicted octanol–water partition coefficient (Wildman–Crippen LogP) is 3.91. The highest BCUT2D eigenvalue weighted by atomic mass is 16.3. The van der Waals surface area contributed by atoms with E-state index in [0.717, 1.165) is 5.69 Å². The van der Waals surface area contributed by atoms with Crippen molar-refractivity contribution < 1.29 is 14.7 Å². The van der Waals surface area contributed by atoms with Crippen LogP contribution in [0.2, 0.25) is 0 Å². The van der Waals surface area contributed by atoms with Gasteiger partial charge in [0.2, 0.25) is 0 Å². The fourth-order valence-electron chi connectivity index (χ4n) is 2.95. The molecule has 1 aliphatic carbocycles. The average Bonchev–Trinajstić information content (AvgIpc) is 2.62. The van der Waals surface area contributed by atoms with Gasteiger partial charge in [0.05, 0.1) is 11.3 Å². The number of hydrogen-bond donors (Lipinski definition) is 2. The minimum absolute atomic E-state index is 0.0552. The first-order valence-corrected chi connectivity index (χ1v) is 7.53. The number of carbonyl (C=O) groups is 2. The fourth-order valence-corrected chi connectivity index (χ4v) is 2.95. The second-order valence-electron chi connectivity index (χ2n) is 5.58. The van der Waals surface area contributed by atoms with Crippen LogP contribution in [0.4, 0.5) is 11.4 Å². The van der Waals surface area contributed by atoms with E-state index in [0.29, 0.717) is 16.8 Å². The standard InChI is InChI=1S/C20H13NO3/c22-18-13-8-4-5-9-14(13)19(23)17-15(18)10-11-16(20(17)24)21-12-6-2-1-3-7-12/h1-11,21,24H. The van der Waals surface area contributed by atoms with Crippen molar-refractivity contribution in [2.45, 2.75) is 0 Å². The molecule has 4 heteroatoms. The third kappa shape index (κ3) is 2.08. The lowest BCUT2D eigenvalue weighted by Crippen LogP contribution is -2.21. The lowest BCUT2D eigenvalue weighted by atomic mass is 9.83. The van der Waals surface area contributed by atoms with Crippen molar-refractivity contribution in [2.24, 2.45) is 0 Å². The molecule has 4 rings (SSSR count). The van der Waals surface area contributed by atoms with Crippen LogP contribution in [0.5, 0.6) is 5.75 Å². The summed E-state index contributed by atoms with van der Waals surface area (Å²) in [6.45, 7) is 0. The second-order valence-corrected chi connectivity index (χ2v) is 5.58. The Morgan fingerprint density at radius 1 is 0.667 bits per heavy atom. The van der Waals surface area contributed by atoms with Crippen molar-refractivity contribution >= 4 is 22.9 Å². The van der Waals surface area contributed by atoms with Crippen LogP contribution in [0.3, 0.4) is 0 Å². The number of ketones is 2. The van der Waals surface area contributed by atoms with Gasteiger partial charge in [-0.3, -0.25) is 9.59 Å². The van der Waals surface area contributed by atoms with E-state index in [1.165, 1.54) is 0 Å². The highest BCUT2D eigenvalue weighted by Gasteiger charge is 2.32. The van der Waals surface area contributed by atoms with Gasteiger partial charge >= 0.3 is 0 Å². The number of carbonyl (C=O) groups excluding carboxylic acids is 2. The Morgan fingerprint density at radius 3 is 2.00 bits per heavy atom. The lowest BCUT2D eigenvalue weighted by Gasteiger charge is -2.20. The Balaban J connectivity index is 1.84. The Bertz CT molecular complexity index is 977. The van der Waals surface area contributed by atoms with Crippen molar-refractivity contribution in [2.75, 3.05) is 5.32 Å². The van der Waals surface area contributed by atoms with Crippen LogP contribution in [0, 0.1) is 0 Å². The number of phenolic OH excluding ortho intramolecular Hbond substituents is 1. The Labute approximate surface area is 138 Å². The van der Waals surface area contributed by atoms with Crippen LogP contribution >= 0.6 is 0 Å². The fraction of sp³-hybridized carbons (Fsp3) is 0. The number of fused-ring (bicyclic) bond motifs is 2. The normalized spacial score (nSPS) is 12.5. The molecule has 0 bridgehead atoms. The van der Waals surface area contributed by atoms with Gasteiger partial charge in [-0.2, -0.15) is 0 Å². The summed E-state index contributed by atoms with van der Waals surface area (Å²) in [4.78, 5) is 25.3. The van der Waals surface area contributed by atoms with Gasteiger partial charge in [-0.25, -0.2) is 0 Å². The summed E-state index contributed by atoms with van der Waals surface area (Å²) in [6.07, 6.45) is 0. The maximum atomic E-state index is 12.7. The molecular weight excluding hydrogens is 302 g/mol. The molecule has 0 atom stereocenters. The highest BCUT2D eigenvalue weighted by molar-refractivity contribution is 6.29. The van der Waals surface area contributed by atoms with Gasteiger partial charge in [0.1, 0.15) is 0 Å². The Hall–Kier alpha value is -3.40. The van der Waals surface area contributed by atoms with E-state index in [4.69, 9.17) is 0 Å². The third-order valence-corrected chi connectivity index (χ3v) is 4.12. The van der Waals surface area contributed by atoms with Gasteiger partial charge in [0, 0.05) is 22.4 Å². The second kappa shape index (κ2) is 5.35. The maximum Gasteiger partial charge on any atom is 0.198 e. The molecule has 0 spiro atoms. The molecule has 0 heterocycles. The zero-order valence-corrected chi connectivity index (χ0v) is 12.6. The van der Waals surface area contributed by atoms with Crippen LogP contribution in [-0.2, 0) is 0 Å². The molecule has 0 aliphatic heterocycles. The molecule has 116 valence electrons. The summed E-state index contributed by atoms with van der Waals surface area (Å²) >= 11 is 0. The molecule has 0 saturated heterocycles. The van der Waals surface area contributed by atoms with E-state index in [1.807, 2.05) is 30.3 Å². The number of benzene rings is 3. The molecule has 2 N–H and O–H groups in total. The topological polar surface area (TPSA) is 66.4 Å². The zero-order chi connectivity index (χ0) is 16.7. The van der Waals surface area contributed by atoms with Gasteiger partial charge in [-0.1, -0.05) is 42.5 Å². The summed E-state index contributed by atoms with van der Waals surface area (Å²) in [5.74, 6) is -0.791. The van der Waals surface area contributed by atoms with Crippen molar-refractivity contribution in [3.8, 4) is 5.75 Å². The van der Waals surface area contributed by atoms with Gasteiger partial charge in [0.25, 0.3) is 0 Å². The number of para-hydroxylation sites is 1. The first-order valence-electron chi connectivity index (χ1n) is 7.53. The van der Waals surface area contributed by atoms with Gasteiger partial charge in [-0.05, 0) is 24.3 Å². The minimum Gasteiger partial charge on any atom is -0.505 e. The molecule has 4 nitrogen and oxygen atoms in total. The van der Waals surface area contributed by atoms with Gasteiger partial charge < -0.3 is 10.4 Å². The summed E-state index contributed by atoms with van der Waals surface area (Å²) in [5, 5.41) is 13.6. The maximum absolute atomic E-state index is 12.7. The molecular formula is C20H13NO3. The first kappa shape index (κ1) is 14.2. The number of rotatable bonds is 2. The number of phenols is 1. The van der Waals surface area contributed by atoms with Crippen LogP contribution in [0.1, 0.15) is 31.8 Å². The van der Waals surface area contributed by atoms with Gasteiger partial charge in [-0.15, -0.1) is 0 Å². The van der Waals surface area contributed by atoms with E-state index in [9.17, 15) is 14.7 Å².